The van der Waals surface area contributed by atoms with Crippen molar-refractivity contribution in [1.29, 1.82) is 0 Å². The molecule has 0 saturated carbocycles. The van der Waals surface area contributed by atoms with Crippen LogP contribution >= 0.6 is 27.5 Å². The van der Waals surface area contributed by atoms with Gasteiger partial charge in [0.25, 0.3) is 5.91 Å². The second-order valence-corrected chi connectivity index (χ2v) is 6.72. The van der Waals surface area contributed by atoms with Gasteiger partial charge in [0.2, 0.25) is 0 Å². The Labute approximate surface area is 155 Å². The molecular formula is C19H19BrClNO2. The highest BCUT2D eigenvalue weighted by molar-refractivity contribution is 9.10. The number of nitrogens with one attached hydrogen (secondary N) is 1. The molecule has 0 aliphatic rings. The average Bonchev–Trinajstić information content (AvgIpc) is 2.60. The number of ketones is 1. The summed E-state index contributed by atoms with van der Waals surface area (Å²) in [4.78, 5) is 23.9. The highest BCUT2D eigenvalue weighted by Crippen LogP contribution is 2.11. The molecule has 0 radical (unpaired) electrons. The fourth-order valence-electron chi connectivity index (χ4n) is 2.25. The van der Waals surface area contributed by atoms with E-state index in [0.717, 1.165) is 16.5 Å². The van der Waals surface area contributed by atoms with E-state index in [2.05, 4.69) is 21.2 Å². The van der Waals surface area contributed by atoms with Crippen molar-refractivity contribution in [3.05, 3.63) is 69.7 Å². The van der Waals surface area contributed by atoms with Gasteiger partial charge in [-0.05, 0) is 42.7 Å². The maximum atomic E-state index is 12.0. The number of carbonyl (C=O) groups excluding carboxylic acids is 2. The Hall–Kier alpha value is -1.65. The first-order valence-corrected chi connectivity index (χ1v) is 9.15. The first-order chi connectivity index (χ1) is 11.6. The molecule has 0 bridgehead atoms. The monoisotopic (exact) mass is 407 g/mol. The van der Waals surface area contributed by atoms with Gasteiger partial charge in [-0.15, -0.1) is 11.6 Å². The molecule has 0 aliphatic heterocycles. The number of amides is 1. The molecule has 3 nitrogen and oxygen atoms in total. The normalized spacial score (nSPS) is 10.4. The molecule has 0 atom stereocenters. The van der Waals surface area contributed by atoms with Crippen LogP contribution in [0.2, 0.25) is 0 Å². The maximum Gasteiger partial charge on any atom is 0.251 e. The third kappa shape index (κ3) is 5.77. The molecule has 2 aromatic carbocycles. The van der Waals surface area contributed by atoms with Crippen molar-refractivity contribution < 1.29 is 9.59 Å². The van der Waals surface area contributed by atoms with Gasteiger partial charge in [0.1, 0.15) is 0 Å². The van der Waals surface area contributed by atoms with E-state index in [1.807, 2.05) is 36.4 Å². The molecule has 2 rings (SSSR count). The van der Waals surface area contributed by atoms with Crippen molar-refractivity contribution in [3.63, 3.8) is 0 Å². The minimum Gasteiger partial charge on any atom is -0.352 e. The SMILES string of the molecule is O=C(CCCCl)c1ccc(CCNC(=O)c2ccc(Br)cc2)cc1. The Kier molecular flexibility index (Phi) is 7.47. The summed E-state index contributed by atoms with van der Waals surface area (Å²) in [5.41, 5.74) is 2.43. The highest BCUT2D eigenvalue weighted by Gasteiger charge is 2.06. The van der Waals surface area contributed by atoms with E-state index < -0.39 is 0 Å². The first kappa shape index (κ1) is 18.7. The second-order valence-electron chi connectivity index (χ2n) is 5.43. The molecule has 1 amide bonds. The molecule has 0 heterocycles. The highest BCUT2D eigenvalue weighted by atomic mass is 79.9. The largest absolute Gasteiger partial charge is 0.352 e. The molecule has 5 heteroatoms. The van der Waals surface area contributed by atoms with Crippen LogP contribution in [-0.2, 0) is 6.42 Å². The van der Waals surface area contributed by atoms with Gasteiger partial charge in [-0.2, -0.15) is 0 Å². The zero-order chi connectivity index (χ0) is 17.4. The van der Waals surface area contributed by atoms with Crippen LogP contribution in [0.1, 0.15) is 39.1 Å². The van der Waals surface area contributed by atoms with Gasteiger partial charge in [-0.25, -0.2) is 0 Å². The van der Waals surface area contributed by atoms with Gasteiger partial charge < -0.3 is 5.32 Å². The lowest BCUT2D eigenvalue weighted by atomic mass is 10.0. The van der Waals surface area contributed by atoms with E-state index in [9.17, 15) is 9.59 Å². The van der Waals surface area contributed by atoms with Gasteiger partial charge in [-0.1, -0.05) is 40.2 Å². The number of carbonyl (C=O) groups is 2. The summed E-state index contributed by atoms with van der Waals surface area (Å²) in [5.74, 6) is 0.531. The summed E-state index contributed by atoms with van der Waals surface area (Å²) in [6.45, 7) is 0.550. The third-order valence-corrected chi connectivity index (χ3v) is 4.41. The second kappa shape index (κ2) is 9.60. The molecule has 0 saturated heterocycles. The van der Waals surface area contributed by atoms with E-state index in [1.54, 1.807) is 12.1 Å². The lowest BCUT2D eigenvalue weighted by molar-refractivity contribution is 0.0952. The van der Waals surface area contributed by atoms with Crippen LogP contribution in [0.15, 0.2) is 53.0 Å². The molecule has 1 N–H and O–H groups in total. The van der Waals surface area contributed by atoms with Crippen molar-refractivity contribution in [3.8, 4) is 0 Å². The molecule has 126 valence electrons. The number of alkyl halides is 1. The summed E-state index contributed by atoms with van der Waals surface area (Å²) in [7, 11) is 0. The third-order valence-electron chi connectivity index (χ3n) is 3.62. The van der Waals surface area contributed by atoms with Crippen LogP contribution in [-0.4, -0.2) is 24.1 Å². The number of benzene rings is 2. The van der Waals surface area contributed by atoms with E-state index in [4.69, 9.17) is 11.6 Å². The van der Waals surface area contributed by atoms with Crippen LogP contribution in [0.3, 0.4) is 0 Å². The minimum absolute atomic E-state index is 0.0876. The number of hydrogen-bond donors (Lipinski definition) is 1. The molecule has 0 spiro atoms. The van der Waals surface area contributed by atoms with Crippen molar-refractivity contribution in [2.45, 2.75) is 19.3 Å². The Bertz CT molecular complexity index is 684. The number of rotatable bonds is 8. The fraction of sp³-hybridized carbons (Fsp3) is 0.263. The first-order valence-electron chi connectivity index (χ1n) is 7.82. The van der Waals surface area contributed by atoms with Gasteiger partial charge in [0, 0.05) is 34.4 Å². The van der Waals surface area contributed by atoms with E-state index in [0.29, 0.717) is 36.4 Å². The Morgan fingerprint density at radius 2 is 1.58 bits per heavy atom. The van der Waals surface area contributed by atoms with E-state index in [1.165, 1.54) is 0 Å². The summed E-state index contributed by atoms with van der Waals surface area (Å²) >= 11 is 8.95. The van der Waals surface area contributed by atoms with Crippen molar-refractivity contribution in [2.75, 3.05) is 12.4 Å². The standard InChI is InChI=1S/C19H19BrClNO2/c20-17-9-7-16(8-10-17)19(24)22-13-11-14-3-5-15(6-4-14)18(23)2-1-12-21/h3-10H,1-2,11-13H2,(H,22,24). The van der Waals surface area contributed by atoms with Crippen LogP contribution in [0.5, 0.6) is 0 Å². The molecule has 0 fully saturated rings. The summed E-state index contributed by atoms with van der Waals surface area (Å²) in [5, 5.41) is 2.90. The van der Waals surface area contributed by atoms with Gasteiger partial charge in [0.15, 0.2) is 5.78 Å². The zero-order valence-electron chi connectivity index (χ0n) is 13.2. The molecule has 2 aromatic rings. The Morgan fingerprint density at radius 3 is 2.21 bits per heavy atom. The van der Waals surface area contributed by atoms with Crippen molar-refractivity contribution >= 4 is 39.2 Å². The summed E-state index contributed by atoms with van der Waals surface area (Å²) in [6, 6.07) is 14.8. The Morgan fingerprint density at radius 1 is 0.958 bits per heavy atom. The van der Waals surface area contributed by atoms with Gasteiger partial charge in [-0.3, -0.25) is 9.59 Å². The van der Waals surface area contributed by atoms with E-state index in [-0.39, 0.29) is 11.7 Å². The number of halogens is 2. The van der Waals surface area contributed by atoms with Crippen LogP contribution in [0, 0.1) is 0 Å². The van der Waals surface area contributed by atoms with Crippen LogP contribution < -0.4 is 5.32 Å². The quantitative estimate of drug-likeness (QED) is 0.511. The maximum absolute atomic E-state index is 12.0. The lowest BCUT2D eigenvalue weighted by Crippen LogP contribution is -2.25. The van der Waals surface area contributed by atoms with Gasteiger partial charge >= 0.3 is 0 Å². The number of hydrogen-bond acceptors (Lipinski definition) is 2. The van der Waals surface area contributed by atoms with Crippen molar-refractivity contribution in [2.24, 2.45) is 0 Å². The minimum atomic E-state index is -0.0876. The Balaban J connectivity index is 1.81. The number of Topliss-reactive ketones (excluding diaryl/α,β-unsaturated/α-hetero) is 1. The molecule has 24 heavy (non-hydrogen) atoms. The molecule has 0 aliphatic carbocycles. The molecular weight excluding hydrogens is 390 g/mol. The fourth-order valence-corrected chi connectivity index (χ4v) is 2.65. The average molecular weight is 409 g/mol. The predicted molar refractivity (Wildman–Crippen MR) is 101 cm³/mol. The van der Waals surface area contributed by atoms with Crippen molar-refractivity contribution in [1.82, 2.24) is 5.32 Å². The zero-order valence-corrected chi connectivity index (χ0v) is 15.6. The smallest absolute Gasteiger partial charge is 0.251 e. The van der Waals surface area contributed by atoms with Crippen LogP contribution in [0.4, 0.5) is 0 Å². The lowest BCUT2D eigenvalue weighted by Gasteiger charge is -2.06. The molecule has 0 unspecified atom stereocenters. The predicted octanol–water partition coefficient (Wildman–Crippen LogP) is 4.62. The molecule has 0 aromatic heterocycles. The van der Waals surface area contributed by atoms with E-state index >= 15 is 0 Å². The van der Waals surface area contributed by atoms with Crippen LogP contribution in [0.25, 0.3) is 0 Å². The topological polar surface area (TPSA) is 46.2 Å². The summed E-state index contributed by atoms with van der Waals surface area (Å²) in [6.07, 6.45) is 1.90. The van der Waals surface area contributed by atoms with Gasteiger partial charge in [0.05, 0.1) is 0 Å². The summed E-state index contributed by atoms with van der Waals surface area (Å²) < 4.78 is 0.944.